The number of carbonyl (C=O) groups excluding carboxylic acids is 1. The molecular weight excluding hydrogens is 234 g/mol. The van der Waals surface area contributed by atoms with Gasteiger partial charge in [0, 0.05) is 0 Å². The van der Waals surface area contributed by atoms with Crippen molar-refractivity contribution in [3.63, 3.8) is 0 Å². The van der Waals surface area contributed by atoms with Crippen molar-refractivity contribution in [1.29, 1.82) is 0 Å². The van der Waals surface area contributed by atoms with Crippen molar-refractivity contribution in [3.8, 4) is 17.2 Å². The fourth-order valence-electron chi connectivity index (χ4n) is 1.59. The summed E-state index contributed by atoms with van der Waals surface area (Å²) in [5.74, 6) is -1.93. The average Bonchev–Trinajstić information content (AvgIpc) is 2.36. The van der Waals surface area contributed by atoms with Crippen molar-refractivity contribution < 1.29 is 20.1 Å². The first-order valence-electron chi connectivity index (χ1n) is 5.15. The van der Waals surface area contributed by atoms with Crippen LogP contribution < -0.4 is 5.73 Å². The molecular formula is C13H11NO4. The summed E-state index contributed by atoms with van der Waals surface area (Å²) >= 11 is 0. The van der Waals surface area contributed by atoms with Crippen LogP contribution in [0.3, 0.4) is 0 Å². The molecule has 2 rings (SSSR count). The first-order chi connectivity index (χ1) is 8.52. The van der Waals surface area contributed by atoms with Crippen LogP contribution in [-0.4, -0.2) is 21.1 Å². The van der Waals surface area contributed by atoms with Crippen LogP contribution in [0.4, 0.5) is 5.69 Å². The van der Waals surface area contributed by atoms with Gasteiger partial charge in [-0.2, -0.15) is 0 Å². The zero-order valence-corrected chi connectivity index (χ0v) is 9.29. The van der Waals surface area contributed by atoms with Gasteiger partial charge in [0.05, 0.1) is 16.8 Å². The maximum Gasteiger partial charge on any atom is 0.200 e. The standard InChI is InChI=1S/C13H11NO4/c14-9-6-5-8(12(17)13(9)18)11(16)7-3-1-2-4-10(7)15/h1-6,15,17-18H,14H2. The van der Waals surface area contributed by atoms with Gasteiger partial charge in [0.25, 0.3) is 0 Å². The van der Waals surface area contributed by atoms with Gasteiger partial charge in [-0.15, -0.1) is 0 Å². The van der Waals surface area contributed by atoms with E-state index in [4.69, 9.17) is 5.73 Å². The number of hydrogen-bond donors (Lipinski definition) is 4. The van der Waals surface area contributed by atoms with Crippen LogP contribution in [0, 0.1) is 0 Å². The van der Waals surface area contributed by atoms with Crippen LogP contribution >= 0.6 is 0 Å². The molecule has 0 radical (unpaired) electrons. The van der Waals surface area contributed by atoms with Crippen LogP contribution in [0.2, 0.25) is 0 Å². The lowest BCUT2D eigenvalue weighted by atomic mass is 10.0. The van der Waals surface area contributed by atoms with E-state index in [0.717, 1.165) is 0 Å². The number of benzene rings is 2. The monoisotopic (exact) mass is 245 g/mol. The normalized spacial score (nSPS) is 10.2. The molecule has 0 aliphatic carbocycles. The SMILES string of the molecule is Nc1ccc(C(=O)c2ccccc2O)c(O)c1O. The zero-order chi connectivity index (χ0) is 13.3. The molecule has 92 valence electrons. The molecule has 0 bridgehead atoms. The fraction of sp³-hybridized carbons (Fsp3) is 0. The first-order valence-corrected chi connectivity index (χ1v) is 5.15. The van der Waals surface area contributed by atoms with E-state index in [1.54, 1.807) is 12.1 Å². The molecule has 0 spiro atoms. The predicted molar refractivity (Wildman–Crippen MR) is 65.7 cm³/mol. The minimum atomic E-state index is -0.596. The number of carbonyl (C=O) groups is 1. The Bertz CT molecular complexity index is 622. The summed E-state index contributed by atoms with van der Waals surface area (Å²) in [6, 6.07) is 8.54. The topological polar surface area (TPSA) is 104 Å². The highest BCUT2D eigenvalue weighted by molar-refractivity contribution is 6.12. The van der Waals surface area contributed by atoms with Crippen LogP contribution in [0.25, 0.3) is 0 Å². The highest BCUT2D eigenvalue weighted by Gasteiger charge is 2.19. The molecule has 0 aliphatic heterocycles. The van der Waals surface area contributed by atoms with E-state index < -0.39 is 17.3 Å². The molecule has 5 nitrogen and oxygen atoms in total. The maximum atomic E-state index is 12.1. The van der Waals surface area contributed by atoms with Gasteiger partial charge in [-0.1, -0.05) is 12.1 Å². The summed E-state index contributed by atoms with van der Waals surface area (Å²) in [7, 11) is 0. The second-order valence-electron chi connectivity index (χ2n) is 3.75. The van der Waals surface area contributed by atoms with Crippen LogP contribution in [-0.2, 0) is 0 Å². The lowest BCUT2D eigenvalue weighted by molar-refractivity contribution is 0.103. The van der Waals surface area contributed by atoms with Crippen molar-refractivity contribution in [3.05, 3.63) is 47.5 Å². The highest BCUT2D eigenvalue weighted by Crippen LogP contribution is 2.36. The Balaban J connectivity index is 2.54. The van der Waals surface area contributed by atoms with Crippen molar-refractivity contribution in [2.45, 2.75) is 0 Å². The molecule has 0 heterocycles. The molecule has 0 amide bonds. The molecule has 0 saturated carbocycles. The third kappa shape index (κ3) is 1.82. The Morgan fingerprint density at radius 2 is 1.56 bits per heavy atom. The third-order valence-electron chi connectivity index (χ3n) is 2.58. The minimum absolute atomic E-state index is 0.0265. The number of anilines is 1. The van der Waals surface area contributed by atoms with Gasteiger partial charge in [-0.25, -0.2) is 0 Å². The largest absolute Gasteiger partial charge is 0.507 e. The molecule has 18 heavy (non-hydrogen) atoms. The number of phenolic OH excluding ortho intramolecular Hbond substituents is 3. The van der Waals surface area contributed by atoms with Crippen molar-refractivity contribution in [2.75, 3.05) is 5.73 Å². The molecule has 5 N–H and O–H groups in total. The predicted octanol–water partition coefficient (Wildman–Crippen LogP) is 1.62. The Labute approximate surface area is 103 Å². The molecule has 0 fully saturated rings. The number of hydrogen-bond acceptors (Lipinski definition) is 5. The summed E-state index contributed by atoms with van der Waals surface area (Å²) in [6.07, 6.45) is 0. The van der Waals surface area contributed by atoms with Crippen molar-refractivity contribution >= 4 is 11.5 Å². The van der Waals surface area contributed by atoms with Gasteiger partial charge in [0.1, 0.15) is 5.75 Å². The highest BCUT2D eigenvalue weighted by atomic mass is 16.3. The smallest absolute Gasteiger partial charge is 0.200 e. The van der Waals surface area contributed by atoms with E-state index in [9.17, 15) is 20.1 Å². The Hall–Kier alpha value is -2.69. The number of rotatable bonds is 2. The summed E-state index contributed by atoms with van der Waals surface area (Å²) in [5.41, 5.74) is 5.28. The van der Waals surface area contributed by atoms with Gasteiger partial charge in [-0.05, 0) is 24.3 Å². The van der Waals surface area contributed by atoms with E-state index in [1.165, 1.54) is 24.3 Å². The van der Waals surface area contributed by atoms with E-state index >= 15 is 0 Å². The molecule has 0 aliphatic rings. The summed E-state index contributed by atoms with van der Waals surface area (Å²) in [6.45, 7) is 0. The third-order valence-corrected chi connectivity index (χ3v) is 2.58. The molecule has 2 aromatic carbocycles. The van der Waals surface area contributed by atoms with E-state index in [-0.39, 0.29) is 22.6 Å². The number of nitrogen functional groups attached to an aromatic ring is 1. The molecule has 5 heteroatoms. The van der Waals surface area contributed by atoms with Crippen LogP contribution in [0.15, 0.2) is 36.4 Å². The second-order valence-corrected chi connectivity index (χ2v) is 3.75. The van der Waals surface area contributed by atoms with Crippen LogP contribution in [0.1, 0.15) is 15.9 Å². The number of nitrogens with two attached hydrogens (primary N) is 1. The maximum absolute atomic E-state index is 12.1. The van der Waals surface area contributed by atoms with Crippen LogP contribution in [0.5, 0.6) is 17.2 Å². The van der Waals surface area contributed by atoms with E-state index in [1.807, 2.05) is 0 Å². The van der Waals surface area contributed by atoms with Gasteiger partial charge in [0.2, 0.25) is 5.78 Å². The lowest BCUT2D eigenvalue weighted by Crippen LogP contribution is -2.02. The van der Waals surface area contributed by atoms with Gasteiger partial charge in [0.15, 0.2) is 11.5 Å². The van der Waals surface area contributed by atoms with E-state index in [2.05, 4.69) is 0 Å². The Morgan fingerprint density at radius 3 is 2.22 bits per heavy atom. The van der Waals surface area contributed by atoms with E-state index in [0.29, 0.717) is 0 Å². The summed E-state index contributed by atoms with van der Waals surface area (Å²) in [4.78, 5) is 12.1. The lowest BCUT2D eigenvalue weighted by Gasteiger charge is -2.08. The summed E-state index contributed by atoms with van der Waals surface area (Å²) < 4.78 is 0. The number of ketones is 1. The number of phenols is 3. The number of aromatic hydroxyl groups is 3. The second kappa shape index (κ2) is 4.29. The zero-order valence-electron chi connectivity index (χ0n) is 9.29. The molecule has 0 unspecified atom stereocenters. The van der Waals surface area contributed by atoms with Gasteiger partial charge in [-0.3, -0.25) is 4.79 Å². The quantitative estimate of drug-likeness (QED) is 0.365. The minimum Gasteiger partial charge on any atom is -0.507 e. The average molecular weight is 245 g/mol. The summed E-state index contributed by atoms with van der Waals surface area (Å²) in [5, 5.41) is 28.7. The Kier molecular flexibility index (Phi) is 2.81. The molecule has 0 aromatic heterocycles. The van der Waals surface area contributed by atoms with Crippen molar-refractivity contribution in [2.24, 2.45) is 0 Å². The first kappa shape index (κ1) is 11.8. The fourth-order valence-corrected chi connectivity index (χ4v) is 1.59. The Morgan fingerprint density at radius 1 is 0.889 bits per heavy atom. The molecule has 0 saturated heterocycles. The molecule has 0 atom stereocenters. The van der Waals surface area contributed by atoms with Gasteiger partial charge >= 0.3 is 0 Å². The molecule has 2 aromatic rings. The van der Waals surface area contributed by atoms with Crippen molar-refractivity contribution in [1.82, 2.24) is 0 Å². The number of para-hydroxylation sites is 1. The van der Waals surface area contributed by atoms with Gasteiger partial charge < -0.3 is 21.1 Å².